The fourth-order valence-electron chi connectivity index (χ4n) is 6.07. The van der Waals surface area contributed by atoms with Crippen LogP contribution in [0.5, 0.6) is 0 Å². The van der Waals surface area contributed by atoms with Gasteiger partial charge in [-0.1, -0.05) is 70.4 Å². The summed E-state index contributed by atoms with van der Waals surface area (Å²) in [6, 6.07) is 7.17. The van der Waals surface area contributed by atoms with Crippen LogP contribution in [0.4, 0.5) is 0 Å². The summed E-state index contributed by atoms with van der Waals surface area (Å²) in [4.78, 5) is 4.43. The minimum absolute atomic E-state index is 0.555. The number of thiophene rings is 1. The number of hydrogen-bond donors (Lipinski definition) is 4. The third-order valence-electron chi connectivity index (χ3n) is 8.58. The van der Waals surface area contributed by atoms with Gasteiger partial charge < -0.3 is 21.3 Å². The summed E-state index contributed by atoms with van der Waals surface area (Å²) in [5.74, 6) is 1.18. The molecule has 1 aromatic rings. The topological polar surface area (TPSA) is 48.1 Å². The number of unbranched alkanes of at least 4 members (excludes halogenated alkanes) is 2. The minimum atomic E-state index is 0.555. The zero-order valence-electron chi connectivity index (χ0n) is 25.8. The molecule has 1 heterocycles. The molecule has 3 rings (SSSR count). The second-order valence-corrected chi connectivity index (χ2v) is 14.6. The van der Waals surface area contributed by atoms with Crippen LogP contribution in [0.15, 0.2) is 35.8 Å². The summed E-state index contributed by atoms with van der Waals surface area (Å²) in [5, 5.41) is 15.4. The molecule has 40 heavy (non-hydrogen) atoms. The third-order valence-corrected chi connectivity index (χ3v) is 10.8. The highest BCUT2D eigenvalue weighted by Crippen LogP contribution is 2.24. The highest BCUT2D eigenvalue weighted by molar-refractivity contribution is 8.03. The lowest BCUT2D eigenvalue weighted by atomic mass is 9.90. The maximum atomic E-state index is 3.96. The molecule has 228 valence electrons. The van der Waals surface area contributed by atoms with Gasteiger partial charge in [0, 0.05) is 53.6 Å². The lowest BCUT2D eigenvalue weighted by Gasteiger charge is -2.33. The Balaban J connectivity index is 1.36. The average Bonchev–Trinajstić information content (AvgIpc) is 3.44. The van der Waals surface area contributed by atoms with Gasteiger partial charge in [-0.25, -0.2) is 0 Å². The van der Waals surface area contributed by atoms with Crippen LogP contribution in [0, 0.1) is 0 Å². The number of hydrogen-bond acceptors (Lipinski definition) is 6. The van der Waals surface area contributed by atoms with E-state index in [-0.39, 0.29) is 0 Å². The van der Waals surface area contributed by atoms with E-state index in [2.05, 4.69) is 59.9 Å². The molecule has 6 heteroatoms. The molecule has 3 atom stereocenters. The van der Waals surface area contributed by atoms with Crippen molar-refractivity contribution in [3.63, 3.8) is 0 Å². The first-order valence-electron chi connectivity index (χ1n) is 16.6. The van der Waals surface area contributed by atoms with E-state index in [4.69, 9.17) is 0 Å². The molecule has 2 aliphatic rings. The Labute approximate surface area is 255 Å². The molecule has 3 unspecified atom stereocenters. The van der Waals surface area contributed by atoms with E-state index in [1.165, 1.54) is 110 Å². The lowest BCUT2D eigenvalue weighted by molar-refractivity contribution is 0.289. The summed E-state index contributed by atoms with van der Waals surface area (Å²) in [6.07, 6.45) is 24.1. The van der Waals surface area contributed by atoms with E-state index in [9.17, 15) is 0 Å². The first-order chi connectivity index (χ1) is 19.7. The Kier molecular flexibility index (Phi) is 17.9. The maximum absolute atomic E-state index is 3.96. The lowest BCUT2D eigenvalue weighted by Crippen LogP contribution is -2.49. The number of nitrogens with one attached hydrogen (secondary N) is 4. The molecule has 0 amide bonds. The predicted molar refractivity (Wildman–Crippen MR) is 180 cm³/mol. The molecule has 1 aromatic heterocycles. The fraction of sp³-hybridized carbons (Fsp3) is 0.765. The van der Waals surface area contributed by atoms with E-state index >= 15 is 0 Å². The summed E-state index contributed by atoms with van der Waals surface area (Å²) < 4.78 is 0. The minimum Gasteiger partial charge on any atom is -0.314 e. The number of allylic oxidation sites excluding steroid dienone is 2. The van der Waals surface area contributed by atoms with Crippen LogP contribution in [0.3, 0.4) is 0 Å². The number of thioether (sulfide) groups is 1. The summed E-state index contributed by atoms with van der Waals surface area (Å²) in [6.45, 7) is 12.7. The van der Waals surface area contributed by atoms with Gasteiger partial charge in [0.25, 0.3) is 0 Å². The molecular formula is C34H60N4S2. The molecule has 0 aliphatic heterocycles. The van der Waals surface area contributed by atoms with Crippen LogP contribution < -0.4 is 21.3 Å². The standard InChI is InChI=1S/C34H60N4S2/c1-4-6-9-15-28(3)35-23-14-24-39-30(18-7-5-2)25-37-33-19-12-13-20-34(33)38-27-32-22-21-31(40-32)26-36-29-16-10-8-11-17-29/h5,18,21-22,28-29,33-38H,2,4,6-17,19-20,23-27H2,1,3H3/b30-18-. The molecule has 0 bridgehead atoms. The van der Waals surface area contributed by atoms with Crippen molar-refractivity contribution in [2.45, 2.75) is 147 Å². The maximum Gasteiger partial charge on any atom is 0.0303 e. The van der Waals surface area contributed by atoms with Crippen molar-refractivity contribution >= 4 is 23.1 Å². The Bertz CT molecular complexity index is 817. The number of rotatable bonds is 21. The van der Waals surface area contributed by atoms with Crippen LogP contribution in [0.1, 0.15) is 120 Å². The molecule has 0 spiro atoms. The average molecular weight is 589 g/mol. The summed E-state index contributed by atoms with van der Waals surface area (Å²) in [7, 11) is 0. The largest absolute Gasteiger partial charge is 0.314 e. The second kappa shape index (κ2) is 21.1. The molecular weight excluding hydrogens is 529 g/mol. The smallest absolute Gasteiger partial charge is 0.0303 e. The zero-order chi connectivity index (χ0) is 28.3. The molecule has 2 fully saturated rings. The van der Waals surface area contributed by atoms with Crippen LogP contribution in [0.2, 0.25) is 0 Å². The first-order valence-corrected chi connectivity index (χ1v) is 18.4. The molecule has 2 saturated carbocycles. The van der Waals surface area contributed by atoms with Crippen LogP contribution in [-0.2, 0) is 13.1 Å². The quantitative estimate of drug-likeness (QED) is 0.0860. The Morgan fingerprint density at radius 1 is 0.950 bits per heavy atom. The van der Waals surface area contributed by atoms with Crippen molar-refractivity contribution in [2.24, 2.45) is 0 Å². The van der Waals surface area contributed by atoms with E-state index in [1.54, 1.807) is 0 Å². The highest BCUT2D eigenvalue weighted by Gasteiger charge is 2.24. The summed E-state index contributed by atoms with van der Waals surface area (Å²) >= 11 is 4.02. The zero-order valence-corrected chi connectivity index (χ0v) is 27.4. The van der Waals surface area contributed by atoms with Gasteiger partial charge in [-0.2, -0.15) is 0 Å². The van der Waals surface area contributed by atoms with Gasteiger partial charge in [-0.05, 0) is 81.2 Å². The van der Waals surface area contributed by atoms with Crippen molar-refractivity contribution in [1.29, 1.82) is 0 Å². The van der Waals surface area contributed by atoms with E-state index in [1.807, 2.05) is 29.2 Å². The Morgan fingerprint density at radius 3 is 2.38 bits per heavy atom. The van der Waals surface area contributed by atoms with E-state index < -0.39 is 0 Å². The molecule has 4 nitrogen and oxygen atoms in total. The van der Waals surface area contributed by atoms with Crippen LogP contribution in [-0.4, -0.2) is 43.0 Å². The first kappa shape index (κ1) is 33.9. The van der Waals surface area contributed by atoms with Crippen molar-refractivity contribution in [3.8, 4) is 0 Å². The highest BCUT2D eigenvalue weighted by atomic mass is 32.2. The SMILES string of the molecule is C=CC/C=C(/CNC1CCCCC1NCc1ccc(CNC2CCCCC2)s1)SCCCNC(C)CCCCC. The van der Waals surface area contributed by atoms with Gasteiger partial charge in [-0.15, -0.1) is 29.7 Å². The molecule has 4 N–H and O–H groups in total. The van der Waals surface area contributed by atoms with Gasteiger partial charge in [0.2, 0.25) is 0 Å². The normalized spacial score (nSPS) is 21.5. The van der Waals surface area contributed by atoms with Crippen LogP contribution >= 0.6 is 23.1 Å². The van der Waals surface area contributed by atoms with Crippen molar-refractivity contribution in [1.82, 2.24) is 21.3 Å². The molecule has 0 radical (unpaired) electrons. The van der Waals surface area contributed by atoms with Gasteiger partial charge in [0.05, 0.1) is 0 Å². The molecule has 0 saturated heterocycles. The van der Waals surface area contributed by atoms with Crippen molar-refractivity contribution < 1.29 is 0 Å². The monoisotopic (exact) mass is 588 g/mol. The molecule has 2 aliphatic carbocycles. The van der Waals surface area contributed by atoms with E-state index in [0.29, 0.717) is 18.1 Å². The van der Waals surface area contributed by atoms with Gasteiger partial charge in [-0.3, -0.25) is 0 Å². The Hall–Kier alpha value is -0.630. The van der Waals surface area contributed by atoms with Gasteiger partial charge in [0.1, 0.15) is 0 Å². The van der Waals surface area contributed by atoms with Gasteiger partial charge >= 0.3 is 0 Å². The van der Waals surface area contributed by atoms with Gasteiger partial charge in [0.15, 0.2) is 0 Å². The summed E-state index contributed by atoms with van der Waals surface area (Å²) in [5.41, 5.74) is 0. The fourth-order valence-corrected chi connectivity index (χ4v) is 7.94. The second-order valence-electron chi connectivity index (χ2n) is 12.1. The third kappa shape index (κ3) is 14.0. The van der Waals surface area contributed by atoms with Crippen LogP contribution in [0.25, 0.3) is 0 Å². The predicted octanol–water partition coefficient (Wildman–Crippen LogP) is 8.30. The van der Waals surface area contributed by atoms with Crippen molar-refractivity contribution in [2.75, 3.05) is 18.8 Å². The molecule has 0 aromatic carbocycles. The Morgan fingerprint density at radius 2 is 1.65 bits per heavy atom. The van der Waals surface area contributed by atoms with E-state index in [0.717, 1.165) is 38.6 Å². The van der Waals surface area contributed by atoms with Crippen molar-refractivity contribution in [3.05, 3.63) is 45.5 Å².